The fraction of sp³-hybridized carbons (Fsp3) is 0.105. The summed E-state index contributed by atoms with van der Waals surface area (Å²) >= 11 is 0. The van der Waals surface area contributed by atoms with Gasteiger partial charge in [-0.2, -0.15) is 10.2 Å². The van der Waals surface area contributed by atoms with Crippen LogP contribution in [0, 0.1) is 5.82 Å². The number of hydrogen-bond acceptors (Lipinski definition) is 6. The average molecular weight is 368 g/mol. The van der Waals surface area contributed by atoms with Crippen molar-refractivity contribution in [3.05, 3.63) is 76.9 Å². The molecule has 0 saturated heterocycles. The van der Waals surface area contributed by atoms with E-state index >= 15 is 0 Å². The molecule has 2 N–H and O–H groups in total. The number of hydrogen-bond donors (Lipinski definition) is 2. The lowest BCUT2D eigenvalue weighted by Crippen LogP contribution is -2.17. The van der Waals surface area contributed by atoms with E-state index in [0.717, 1.165) is 0 Å². The zero-order chi connectivity index (χ0) is 19.8. The van der Waals surface area contributed by atoms with Gasteiger partial charge >= 0.3 is 0 Å². The number of hydrazone groups is 1. The molecular formula is C19H17FN4O3. The number of nitrogens with one attached hydrogen (secondary N) is 1. The number of aliphatic hydroxyl groups excluding tert-OH is 1. The van der Waals surface area contributed by atoms with E-state index in [9.17, 15) is 19.1 Å². The van der Waals surface area contributed by atoms with Gasteiger partial charge in [0.2, 0.25) is 0 Å². The van der Waals surface area contributed by atoms with Crippen molar-refractivity contribution in [3.8, 4) is 0 Å². The van der Waals surface area contributed by atoms with E-state index in [1.165, 1.54) is 68.6 Å². The van der Waals surface area contributed by atoms with Gasteiger partial charge in [0.25, 0.3) is 5.91 Å². The fourth-order valence-corrected chi connectivity index (χ4v) is 1.96. The number of halogens is 1. The minimum Gasteiger partial charge on any atom is -0.510 e. The molecule has 2 aromatic rings. The Morgan fingerprint density at radius 2 is 1.67 bits per heavy atom. The monoisotopic (exact) mass is 368 g/mol. The maximum atomic E-state index is 12.8. The van der Waals surface area contributed by atoms with Crippen LogP contribution in [0.2, 0.25) is 0 Å². The molecule has 138 valence electrons. The van der Waals surface area contributed by atoms with E-state index in [0.29, 0.717) is 16.8 Å². The van der Waals surface area contributed by atoms with Crippen LogP contribution < -0.4 is 5.43 Å². The normalized spacial score (nSPS) is 12.3. The van der Waals surface area contributed by atoms with Crippen molar-refractivity contribution in [1.82, 2.24) is 5.43 Å². The van der Waals surface area contributed by atoms with Gasteiger partial charge in [0.1, 0.15) is 11.6 Å². The van der Waals surface area contributed by atoms with Gasteiger partial charge in [-0.15, -0.1) is 5.11 Å². The van der Waals surface area contributed by atoms with Crippen LogP contribution in [0.15, 0.2) is 75.3 Å². The van der Waals surface area contributed by atoms with Crippen LogP contribution in [-0.2, 0) is 4.79 Å². The lowest BCUT2D eigenvalue weighted by atomic mass is 10.2. The summed E-state index contributed by atoms with van der Waals surface area (Å²) in [4.78, 5) is 23.3. The first-order valence-electron chi connectivity index (χ1n) is 7.88. The second-order valence-electron chi connectivity index (χ2n) is 5.49. The van der Waals surface area contributed by atoms with Crippen molar-refractivity contribution in [1.29, 1.82) is 0 Å². The molecule has 0 unspecified atom stereocenters. The predicted molar refractivity (Wildman–Crippen MR) is 98.4 cm³/mol. The number of nitrogens with zero attached hydrogens (tertiary/aromatic N) is 3. The Hall–Kier alpha value is -3.68. The molecule has 0 spiro atoms. The highest BCUT2D eigenvalue weighted by Crippen LogP contribution is 2.16. The summed E-state index contributed by atoms with van der Waals surface area (Å²) in [5.74, 6) is -1.42. The summed E-state index contributed by atoms with van der Waals surface area (Å²) in [7, 11) is 0. The van der Waals surface area contributed by atoms with Crippen molar-refractivity contribution < 1.29 is 19.1 Å². The number of azo groups is 1. The first-order chi connectivity index (χ1) is 12.9. The van der Waals surface area contributed by atoms with Crippen molar-refractivity contribution in [2.75, 3.05) is 0 Å². The number of ketones is 1. The third-order valence-electron chi connectivity index (χ3n) is 3.32. The Labute approximate surface area is 154 Å². The maximum absolute atomic E-state index is 12.8. The van der Waals surface area contributed by atoms with E-state index < -0.39 is 11.7 Å². The molecule has 2 aromatic carbocycles. The molecule has 0 fully saturated rings. The lowest BCUT2D eigenvalue weighted by molar-refractivity contribution is -0.113. The predicted octanol–water partition coefficient (Wildman–Crippen LogP) is 4.05. The van der Waals surface area contributed by atoms with Crippen LogP contribution in [0.3, 0.4) is 0 Å². The quantitative estimate of drug-likeness (QED) is 0.264. The summed E-state index contributed by atoms with van der Waals surface area (Å²) in [6, 6.07) is 11.7. The molecule has 0 aliphatic heterocycles. The molecule has 7 nitrogen and oxygen atoms in total. The highest BCUT2D eigenvalue weighted by molar-refractivity contribution is 5.95. The van der Waals surface area contributed by atoms with E-state index in [-0.39, 0.29) is 17.3 Å². The second-order valence-corrected chi connectivity index (χ2v) is 5.49. The van der Waals surface area contributed by atoms with E-state index in [4.69, 9.17) is 0 Å². The summed E-state index contributed by atoms with van der Waals surface area (Å²) < 4.78 is 12.8. The molecule has 1 amide bonds. The summed E-state index contributed by atoms with van der Waals surface area (Å²) in [6.45, 7) is 2.61. The molecule has 0 bridgehead atoms. The molecule has 8 heteroatoms. The third-order valence-corrected chi connectivity index (χ3v) is 3.32. The van der Waals surface area contributed by atoms with Crippen LogP contribution in [0.5, 0.6) is 0 Å². The Morgan fingerprint density at radius 3 is 2.22 bits per heavy atom. The SMILES string of the molecule is CC(=O)/C(N=Nc1ccc(C(=O)N/N=C/c2ccc(F)cc2)cc1)=C(/C)O. The Kier molecular flexibility index (Phi) is 6.65. The van der Waals surface area contributed by atoms with Gasteiger partial charge in [0.05, 0.1) is 11.9 Å². The van der Waals surface area contributed by atoms with Crippen LogP contribution in [0.4, 0.5) is 10.1 Å². The molecule has 0 atom stereocenters. The van der Waals surface area contributed by atoms with Gasteiger partial charge in [0.15, 0.2) is 11.5 Å². The van der Waals surface area contributed by atoms with Gasteiger partial charge in [-0.25, -0.2) is 9.82 Å². The first-order valence-corrected chi connectivity index (χ1v) is 7.88. The molecule has 0 radical (unpaired) electrons. The van der Waals surface area contributed by atoms with Gasteiger partial charge in [-0.05, 0) is 48.9 Å². The van der Waals surface area contributed by atoms with Gasteiger partial charge in [-0.3, -0.25) is 9.59 Å². The molecule has 0 aliphatic rings. The summed E-state index contributed by atoms with van der Waals surface area (Å²) in [6.07, 6.45) is 1.40. The minimum absolute atomic E-state index is 0.132. The average Bonchev–Trinajstić information content (AvgIpc) is 2.63. The summed E-state index contributed by atoms with van der Waals surface area (Å²) in [5.41, 5.74) is 3.61. The van der Waals surface area contributed by atoms with Crippen molar-refractivity contribution in [3.63, 3.8) is 0 Å². The molecule has 0 aliphatic carbocycles. The number of allylic oxidation sites excluding steroid dienone is 2. The Morgan fingerprint density at radius 1 is 1.04 bits per heavy atom. The number of carbonyl (C=O) groups is 2. The maximum Gasteiger partial charge on any atom is 0.271 e. The van der Waals surface area contributed by atoms with Crippen molar-refractivity contribution in [2.45, 2.75) is 13.8 Å². The van der Waals surface area contributed by atoms with E-state index in [1.54, 1.807) is 0 Å². The first kappa shape index (κ1) is 19.6. The molecule has 0 aromatic heterocycles. The Balaban J connectivity index is 1.99. The fourth-order valence-electron chi connectivity index (χ4n) is 1.96. The van der Waals surface area contributed by atoms with E-state index in [1.807, 2.05) is 0 Å². The standard InChI is InChI=1S/C19H17FN4O3/c1-12(25)18(13(2)26)23-22-17-9-5-15(6-10-17)19(27)24-21-11-14-3-7-16(20)8-4-14/h3-11,25H,1-2H3,(H,24,27)/b18-12+,21-11+,23-22?. The largest absolute Gasteiger partial charge is 0.510 e. The number of carbonyl (C=O) groups excluding carboxylic acids is 2. The second kappa shape index (κ2) is 9.14. The number of amides is 1. The Bertz CT molecular complexity index is 913. The number of benzene rings is 2. The molecule has 27 heavy (non-hydrogen) atoms. The van der Waals surface area contributed by atoms with Gasteiger partial charge < -0.3 is 5.11 Å². The molecule has 0 saturated carbocycles. The third kappa shape index (κ3) is 5.96. The van der Waals surface area contributed by atoms with Gasteiger partial charge in [-0.1, -0.05) is 12.1 Å². The van der Waals surface area contributed by atoms with Crippen LogP contribution in [-0.4, -0.2) is 23.0 Å². The number of rotatable bonds is 6. The highest BCUT2D eigenvalue weighted by Gasteiger charge is 2.07. The molecule has 2 rings (SSSR count). The van der Waals surface area contributed by atoms with Crippen LogP contribution in [0.25, 0.3) is 0 Å². The van der Waals surface area contributed by atoms with Crippen molar-refractivity contribution >= 4 is 23.6 Å². The van der Waals surface area contributed by atoms with Crippen molar-refractivity contribution in [2.24, 2.45) is 15.3 Å². The zero-order valence-corrected chi connectivity index (χ0v) is 14.7. The topological polar surface area (TPSA) is 103 Å². The molecular weight excluding hydrogens is 351 g/mol. The minimum atomic E-state index is -0.438. The number of aliphatic hydroxyl groups is 1. The lowest BCUT2D eigenvalue weighted by Gasteiger charge is -2.01. The molecule has 0 heterocycles. The zero-order valence-electron chi connectivity index (χ0n) is 14.7. The van der Waals surface area contributed by atoms with Crippen LogP contribution in [0.1, 0.15) is 29.8 Å². The summed E-state index contributed by atoms with van der Waals surface area (Å²) in [5, 5.41) is 20.7. The smallest absolute Gasteiger partial charge is 0.271 e. The highest BCUT2D eigenvalue weighted by atomic mass is 19.1. The van der Waals surface area contributed by atoms with Gasteiger partial charge in [0, 0.05) is 12.5 Å². The van der Waals surface area contributed by atoms with Crippen LogP contribution >= 0.6 is 0 Å². The van der Waals surface area contributed by atoms with E-state index in [2.05, 4.69) is 20.8 Å². The number of Topliss-reactive ketones (excluding diaryl/α,β-unsaturated/α-hetero) is 1.